The Labute approximate surface area is 75.1 Å². The minimum absolute atomic E-state index is 0.00454. The van der Waals surface area contributed by atoms with Gasteiger partial charge in [-0.3, -0.25) is 0 Å². The maximum absolute atomic E-state index is 9.19. The van der Waals surface area contributed by atoms with Crippen LogP contribution in [0.25, 0.3) is 0 Å². The number of nitrogens with one attached hydrogen (secondary N) is 1. The summed E-state index contributed by atoms with van der Waals surface area (Å²) in [5, 5.41) is 12.5. The van der Waals surface area contributed by atoms with Crippen molar-refractivity contribution in [2.45, 2.75) is 45.4 Å². The number of aliphatic hydroxyl groups excluding tert-OH is 1. The second-order valence-corrected chi connectivity index (χ2v) is 3.75. The molecular weight excluding hydrogens is 154 g/mol. The molecule has 0 aromatic carbocycles. The van der Waals surface area contributed by atoms with Crippen molar-refractivity contribution in [3.63, 3.8) is 0 Å². The first-order valence-electron chi connectivity index (χ1n) is 4.37. The van der Waals surface area contributed by atoms with Gasteiger partial charge in [-0.05, 0) is 13.8 Å². The fourth-order valence-corrected chi connectivity index (χ4v) is 1.21. The normalized spacial score (nSPS) is 19.2. The molecule has 2 atom stereocenters. The Balaban J connectivity index is 4.22. The van der Waals surface area contributed by atoms with Gasteiger partial charge in [0.2, 0.25) is 0 Å². The molecule has 0 bridgehead atoms. The molecule has 2 N–H and O–H groups in total. The lowest BCUT2D eigenvalue weighted by Crippen LogP contribution is -2.56. The molecule has 0 radical (unpaired) electrons. The summed E-state index contributed by atoms with van der Waals surface area (Å²) >= 11 is 0. The van der Waals surface area contributed by atoms with Gasteiger partial charge in [-0.15, -0.1) is 0 Å². The number of ether oxygens (including phenoxy) is 1. The summed E-state index contributed by atoms with van der Waals surface area (Å²) in [6.45, 7) is 8.10. The monoisotopic (exact) mass is 175 g/mol. The van der Waals surface area contributed by atoms with Crippen LogP contribution < -0.4 is 5.32 Å². The molecule has 0 fully saturated rings. The van der Waals surface area contributed by atoms with Gasteiger partial charge in [-0.25, -0.2) is 0 Å². The minimum atomic E-state index is -0.344. The predicted molar refractivity (Wildman–Crippen MR) is 50.2 cm³/mol. The smallest absolute Gasteiger partial charge is 0.0744 e. The molecule has 0 saturated heterocycles. The second-order valence-electron chi connectivity index (χ2n) is 3.75. The van der Waals surface area contributed by atoms with Gasteiger partial charge in [0, 0.05) is 13.2 Å². The molecule has 3 heteroatoms. The van der Waals surface area contributed by atoms with E-state index in [9.17, 15) is 5.11 Å². The first-order valence-corrected chi connectivity index (χ1v) is 4.37. The molecule has 0 aliphatic heterocycles. The maximum atomic E-state index is 9.19. The molecule has 0 amide bonds. The third-order valence-electron chi connectivity index (χ3n) is 2.20. The zero-order valence-corrected chi connectivity index (χ0v) is 8.72. The van der Waals surface area contributed by atoms with Crippen molar-refractivity contribution in [2.24, 2.45) is 0 Å². The van der Waals surface area contributed by atoms with E-state index in [0.29, 0.717) is 6.04 Å². The minimum Gasteiger partial charge on any atom is -0.394 e. The quantitative estimate of drug-likeness (QED) is 0.648. The SMILES string of the molecule is COC(C)C(C)(CO)NC(C)C. The lowest BCUT2D eigenvalue weighted by molar-refractivity contribution is 0.00415. The highest BCUT2D eigenvalue weighted by Gasteiger charge is 2.30. The van der Waals surface area contributed by atoms with Gasteiger partial charge < -0.3 is 15.2 Å². The standard InChI is InChI=1S/C9H21NO2/c1-7(2)10-9(4,6-11)8(3)12-5/h7-8,10-11H,6H2,1-5H3. The number of aliphatic hydroxyl groups is 1. The van der Waals surface area contributed by atoms with E-state index in [4.69, 9.17) is 4.74 Å². The molecule has 0 aliphatic rings. The molecule has 12 heavy (non-hydrogen) atoms. The lowest BCUT2D eigenvalue weighted by Gasteiger charge is -2.35. The van der Waals surface area contributed by atoms with E-state index in [0.717, 1.165) is 0 Å². The summed E-state index contributed by atoms with van der Waals surface area (Å²) in [5.74, 6) is 0. The molecule has 0 rings (SSSR count). The molecule has 0 aliphatic carbocycles. The van der Waals surface area contributed by atoms with E-state index >= 15 is 0 Å². The Morgan fingerprint density at radius 2 is 1.92 bits per heavy atom. The van der Waals surface area contributed by atoms with E-state index in [2.05, 4.69) is 19.2 Å². The Morgan fingerprint density at radius 3 is 2.17 bits per heavy atom. The van der Waals surface area contributed by atoms with Crippen LogP contribution in [0, 0.1) is 0 Å². The van der Waals surface area contributed by atoms with Gasteiger partial charge in [-0.1, -0.05) is 13.8 Å². The average molecular weight is 175 g/mol. The number of hydrogen-bond donors (Lipinski definition) is 2. The summed E-state index contributed by atoms with van der Waals surface area (Å²) in [6.07, 6.45) is 0.00454. The van der Waals surface area contributed by atoms with Crippen LogP contribution in [0.4, 0.5) is 0 Å². The summed E-state index contributed by atoms with van der Waals surface area (Å²) in [5.41, 5.74) is -0.344. The van der Waals surface area contributed by atoms with Gasteiger partial charge in [0.05, 0.1) is 18.2 Å². The van der Waals surface area contributed by atoms with Gasteiger partial charge in [0.25, 0.3) is 0 Å². The summed E-state index contributed by atoms with van der Waals surface area (Å²) in [6, 6.07) is 0.347. The molecule has 2 unspecified atom stereocenters. The highest BCUT2D eigenvalue weighted by molar-refractivity contribution is 4.89. The van der Waals surface area contributed by atoms with Gasteiger partial charge in [0.1, 0.15) is 0 Å². The van der Waals surface area contributed by atoms with Crippen LogP contribution in [0.5, 0.6) is 0 Å². The number of methoxy groups -OCH3 is 1. The zero-order chi connectivity index (χ0) is 9.78. The third-order valence-corrected chi connectivity index (χ3v) is 2.20. The zero-order valence-electron chi connectivity index (χ0n) is 8.72. The fraction of sp³-hybridized carbons (Fsp3) is 1.00. The molecule has 0 heterocycles. The largest absolute Gasteiger partial charge is 0.394 e. The van der Waals surface area contributed by atoms with Gasteiger partial charge in [-0.2, -0.15) is 0 Å². The van der Waals surface area contributed by atoms with Crippen molar-refractivity contribution in [3.8, 4) is 0 Å². The van der Waals surface area contributed by atoms with Gasteiger partial charge >= 0.3 is 0 Å². The summed E-state index contributed by atoms with van der Waals surface area (Å²) in [4.78, 5) is 0. The van der Waals surface area contributed by atoms with Crippen LogP contribution >= 0.6 is 0 Å². The first kappa shape index (κ1) is 11.9. The van der Waals surface area contributed by atoms with Crippen LogP contribution in [-0.2, 0) is 4.74 Å². The Kier molecular flexibility index (Phi) is 4.75. The Bertz CT molecular complexity index is 128. The van der Waals surface area contributed by atoms with Gasteiger partial charge in [0.15, 0.2) is 0 Å². The molecule has 0 aromatic rings. The highest BCUT2D eigenvalue weighted by atomic mass is 16.5. The number of hydrogen-bond acceptors (Lipinski definition) is 3. The van der Waals surface area contributed by atoms with Crippen LogP contribution in [0.15, 0.2) is 0 Å². The van der Waals surface area contributed by atoms with Crippen LogP contribution in [0.2, 0.25) is 0 Å². The average Bonchev–Trinajstić information content (AvgIpc) is 2.01. The Hall–Kier alpha value is -0.120. The van der Waals surface area contributed by atoms with Crippen molar-refractivity contribution >= 4 is 0 Å². The first-order chi connectivity index (χ1) is 5.46. The topological polar surface area (TPSA) is 41.5 Å². The molecule has 0 spiro atoms. The summed E-state index contributed by atoms with van der Waals surface area (Å²) < 4.78 is 5.18. The van der Waals surface area contributed by atoms with E-state index in [1.807, 2.05) is 13.8 Å². The number of rotatable bonds is 5. The second kappa shape index (κ2) is 4.80. The van der Waals surface area contributed by atoms with Crippen molar-refractivity contribution in [1.82, 2.24) is 5.32 Å². The lowest BCUT2D eigenvalue weighted by atomic mass is 9.96. The predicted octanol–water partition coefficient (Wildman–Crippen LogP) is 0.770. The van der Waals surface area contributed by atoms with Crippen molar-refractivity contribution < 1.29 is 9.84 Å². The van der Waals surface area contributed by atoms with E-state index in [1.54, 1.807) is 7.11 Å². The van der Waals surface area contributed by atoms with Crippen molar-refractivity contribution in [3.05, 3.63) is 0 Å². The van der Waals surface area contributed by atoms with Crippen LogP contribution in [0.1, 0.15) is 27.7 Å². The van der Waals surface area contributed by atoms with Crippen LogP contribution in [0.3, 0.4) is 0 Å². The molecule has 0 aromatic heterocycles. The molecule has 74 valence electrons. The van der Waals surface area contributed by atoms with Crippen LogP contribution in [-0.4, -0.2) is 36.5 Å². The molecule has 3 nitrogen and oxygen atoms in total. The third kappa shape index (κ3) is 3.09. The van der Waals surface area contributed by atoms with E-state index < -0.39 is 0 Å². The molecular formula is C9H21NO2. The fourth-order valence-electron chi connectivity index (χ4n) is 1.21. The Morgan fingerprint density at radius 1 is 1.42 bits per heavy atom. The summed E-state index contributed by atoms with van der Waals surface area (Å²) in [7, 11) is 1.65. The van der Waals surface area contributed by atoms with Crippen molar-refractivity contribution in [1.29, 1.82) is 0 Å². The molecule has 0 saturated carbocycles. The van der Waals surface area contributed by atoms with E-state index in [1.165, 1.54) is 0 Å². The highest BCUT2D eigenvalue weighted by Crippen LogP contribution is 2.12. The van der Waals surface area contributed by atoms with E-state index in [-0.39, 0.29) is 18.2 Å². The maximum Gasteiger partial charge on any atom is 0.0744 e. The van der Waals surface area contributed by atoms with Crippen molar-refractivity contribution in [2.75, 3.05) is 13.7 Å².